The summed E-state index contributed by atoms with van der Waals surface area (Å²) in [5.74, 6) is 0. The maximum Gasteiger partial charge on any atom is 0.0402 e. The summed E-state index contributed by atoms with van der Waals surface area (Å²) in [5, 5.41) is 30.3. The van der Waals surface area contributed by atoms with Crippen LogP contribution >= 0.6 is 0 Å². The monoisotopic (exact) mass is 248 g/mol. The summed E-state index contributed by atoms with van der Waals surface area (Å²) in [6.07, 6.45) is 0. The summed E-state index contributed by atoms with van der Waals surface area (Å²) in [6.45, 7) is 7.72. The Labute approximate surface area is 94.4 Å². The van der Waals surface area contributed by atoms with E-state index in [1.807, 2.05) is 0 Å². The van der Waals surface area contributed by atoms with Gasteiger partial charge in [-0.2, -0.15) is 0 Å². The van der Waals surface area contributed by atoms with Gasteiger partial charge in [0, 0.05) is 45.9 Å². The molecule has 13 heavy (non-hydrogen) atoms. The molecule has 82 valence electrons. The van der Waals surface area contributed by atoms with Crippen molar-refractivity contribution in [3.05, 3.63) is 0 Å². The van der Waals surface area contributed by atoms with Crippen molar-refractivity contribution in [1.82, 2.24) is 0 Å². The Morgan fingerprint density at radius 1 is 0.538 bits per heavy atom. The van der Waals surface area contributed by atoms with E-state index in [0.717, 1.165) is 0 Å². The zero-order valence-electron chi connectivity index (χ0n) is 9.32. The van der Waals surface area contributed by atoms with E-state index in [9.17, 15) is 0 Å². The third-order valence-corrected chi connectivity index (χ3v) is 0. The van der Waals surface area contributed by atoms with E-state index in [4.69, 9.17) is 20.4 Å². The fraction of sp³-hybridized carbons (Fsp3) is 1.00. The van der Waals surface area contributed by atoms with Gasteiger partial charge >= 0.3 is 0 Å². The maximum atomic E-state index is 7.57. The second-order valence-corrected chi connectivity index (χ2v) is 1.26. The average molecular weight is 250 g/mol. The second-order valence-electron chi connectivity index (χ2n) is 1.26. The van der Waals surface area contributed by atoms with Crippen molar-refractivity contribution < 1.29 is 39.9 Å². The van der Waals surface area contributed by atoms with Crippen LogP contribution in [0, 0.1) is 0 Å². The van der Waals surface area contributed by atoms with E-state index >= 15 is 0 Å². The van der Waals surface area contributed by atoms with Gasteiger partial charge in [0.05, 0.1) is 0 Å². The molecule has 0 rings (SSSR count). The summed E-state index contributed by atoms with van der Waals surface area (Å²) < 4.78 is 0. The Bertz CT molecular complexity index is 24.1. The minimum atomic E-state index is 0. The zero-order chi connectivity index (χ0) is 10.8. The Balaban J connectivity index is -0.0000000213. The first kappa shape index (κ1) is 29.2. The molecule has 0 saturated carbocycles. The molecular weight excluding hydrogens is 225 g/mol. The first-order chi connectivity index (χ1) is 5.66. The minimum Gasteiger partial charge on any atom is -0.397 e. The molecule has 0 atom stereocenters. The van der Waals surface area contributed by atoms with Gasteiger partial charge in [-0.15, -0.1) is 0 Å². The number of rotatable bonds is 0. The molecule has 0 aromatic rings. The molecule has 0 aromatic carbocycles. The van der Waals surface area contributed by atoms with Crippen LogP contribution in [0.2, 0.25) is 0 Å². The van der Waals surface area contributed by atoms with Gasteiger partial charge in [0.15, 0.2) is 0 Å². The number of aliphatic hydroxyl groups is 4. The van der Waals surface area contributed by atoms with E-state index in [0.29, 0.717) is 0 Å². The Morgan fingerprint density at radius 2 is 0.538 bits per heavy atom. The summed E-state index contributed by atoms with van der Waals surface area (Å²) in [4.78, 5) is 0. The van der Waals surface area contributed by atoms with Crippen LogP contribution in [0.25, 0.3) is 0 Å². The molecule has 0 spiro atoms. The summed E-state index contributed by atoms with van der Waals surface area (Å²) in [5.41, 5.74) is 0. The molecule has 0 aliphatic rings. The van der Waals surface area contributed by atoms with E-state index in [1.165, 1.54) is 0 Å². The summed E-state index contributed by atoms with van der Waals surface area (Å²) in [7, 11) is 0. The van der Waals surface area contributed by atoms with Gasteiger partial charge in [-0.25, -0.2) is 0 Å². The van der Waals surface area contributed by atoms with Gasteiger partial charge < -0.3 is 20.4 Å². The molecule has 0 bridgehead atoms. The maximum absolute atomic E-state index is 7.57. The third-order valence-electron chi connectivity index (χ3n) is 0. The van der Waals surface area contributed by atoms with E-state index in [2.05, 4.69) is 0 Å². The molecule has 0 saturated heterocycles. The molecule has 0 aliphatic heterocycles. The molecule has 0 aliphatic carbocycles. The van der Waals surface area contributed by atoms with Gasteiger partial charge in [0.25, 0.3) is 0 Å². The molecule has 0 unspecified atom stereocenters. The molecule has 0 radical (unpaired) electrons. The van der Waals surface area contributed by atoms with Crippen LogP contribution in [0.3, 0.4) is 0 Å². The molecular formula is C8H24O4Zn. The number of hydrogen-bond acceptors (Lipinski definition) is 4. The van der Waals surface area contributed by atoms with Crippen molar-refractivity contribution >= 4 is 0 Å². The predicted molar refractivity (Wildman–Crippen MR) is 51.0 cm³/mol. The van der Waals surface area contributed by atoms with Crippen molar-refractivity contribution in [2.24, 2.45) is 0 Å². The Kier molecular flexibility index (Phi) is 185. The average Bonchev–Trinajstić information content (AvgIpc) is 1.92. The van der Waals surface area contributed by atoms with Gasteiger partial charge in [-0.05, 0) is 27.7 Å². The normalized spacial score (nSPS) is 5.54. The minimum absolute atomic E-state index is 0. The van der Waals surface area contributed by atoms with Crippen molar-refractivity contribution in [2.75, 3.05) is 26.4 Å². The predicted octanol–water partition coefficient (Wildman–Crippen LogP) is -0.00810. The molecule has 0 fully saturated rings. The molecule has 5 heteroatoms. The smallest absolute Gasteiger partial charge is 0.0402 e. The Hall–Kier alpha value is 0.463. The second kappa shape index (κ2) is 82.2. The summed E-state index contributed by atoms with van der Waals surface area (Å²) in [6, 6.07) is 0. The van der Waals surface area contributed by atoms with Crippen LogP contribution < -0.4 is 0 Å². The topological polar surface area (TPSA) is 80.9 Å². The molecule has 0 aromatic heterocycles. The van der Waals surface area contributed by atoms with E-state index in [-0.39, 0.29) is 45.9 Å². The molecule has 0 heterocycles. The van der Waals surface area contributed by atoms with Gasteiger partial charge in [0.1, 0.15) is 0 Å². The first-order valence-electron chi connectivity index (χ1n) is 4.09. The van der Waals surface area contributed by atoms with Crippen LogP contribution in [0.5, 0.6) is 0 Å². The van der Waals surface area contributed by atoms with Crippen molar-refractivity contribution in [2.45, 2.75) is 27.7 Å². The van der Waals surface area contributed by atoms with Gasteiger partial charge in [0.2, 0.25) is 0 Å². The van der Waals surface area contributed by atoms with Crippen LogP contribution in [-0.2, 0) is 19.5 Å². The fourth-order valence-electron chi connectivity index (χ4n) is 0. The van der Waals surface area contributed by atoms with E-state index < -0.39 is 0 Å². The quantitative estimate of drug-likeness (QED) is 0.456. The van der Waals surface area contributed by atoms with Crippen molar-refractivity contribution in [1.29, 1.82) is 0 Å². The first-order valence-corrected chi connectivity index (χ1v) is 4.09. The number of aliphatic hydroxyl groups excluding tert-OH is 4. The SMILES string of the molecule is CCO.CCO.CCO.CCO.[Zn]. The van der Waals surface area contributed by atoms with E-state index in [1.54, 1.807) is 27.7 Å². The molecule has 0 amide bonds. The van der Waals surface area contributed by atoms with Crippen molar-refractivity contribution in [3.63, 3.8) is 0 Å². The molecule has 4 N–H and O–H groups in total. The third kappa shape index (κ3) is 6350. The fourth-order valence-corrected chi connectivity index (χ4v) is 0. The van der Waals surface area contributed by atoms with Crippen LogP contribution in [-0.4, -0.2) is 46.9 Å². The Morgan fingerprint density at radius 3 is 0.538 bits per heavy atom. The van der Waals surface area contributed by atoms with Crippen LogP contribution in [0.1, 0.15) is 27.7 Å². The molecule has 4 nitrogen and oxygen atoms in total. The van der Waals surface area contributed by atoms with Crippen LogP contribution in [0.4, 0.5) is 0 Å². The zero-order valence-corrected chi connectivity index (χ0v) is 12.3. The van der Waals surface area contributed by atoms with Crippen LogP contribution in [0.15, 0.2) is 0 Å². The van der Waals surface area contributed by atoms with Gasteiger partial charge in [-0.1, -0.05) is 0 Å². The largest absolute Gasteiger partial charge is 0.397 e. The standard InChI is InChI=1S/4C2H6O.Zn/c4*1-2-3;/h4*3H,2H2,1H3;. The summed E-state index contributed by atoms with van der Waals surface area (Å²) >= 11 is 0. The van der Waals surface area contributed by atoms with Crippen molar-refractivity contribution in [3.8, 4) is 0 Å². The van der Waals surface area contributed by atoms with Gasteiger partial charge in [-0.3, -0.25) is 0 Å². The number of hydrogen-bond donors (Lipinski definition) is 4.